The van der Waals surface area contributed by atoms with Crippen LogP contribution in [0.5, 0.6) is 11.8 Å². The third kappa shape index (κ3) is 2.87. The number of nitrogens with zero attached hydrogens (tertiary/aromatic N) is 2. The van der Waals surface area contributed by atoms with Crippen molar-refractivity contribution in [3.05, 3.63) is 46.3 Å². The molecule has 0 amide bonds. The molecule has 0 aliphatic rings. The van der Waals surface area contributed by atoms with Gasteiger partial charge in [0, 0.05) is 17.5 Å². The Morgan fingerprint density at radius 3 is 2.42 bits per heavy atom. The SMILES string of the molecule is Cc1ccc(C)c(Oc2ncc(CCl)c(C)n2)c1C. The fraction of sp³-hybridized carbons (Fsp3) is 0.333. The molecule has 1 heterocycles. The first-order valence-corrected chi connectivity index (χ1v) is 6.69. The highest BCUT2D eigenvalue weighted by Crippen LogP contribution is 2.29. The van der Waals surface area contributed by atoms with E-state index in [2.05, 4.69) is 23.0 Å². The molecule has 1 aromatic carbocycles. The van der Waals surface area contributed by atoms with Gasteiger partial charge in [-0.25, -0.2) is 4.98 Å². The number of hydrogen-bond acceptors (Lipinski definition) is 3. The maximum atomic E-state index is 5.84. The fourth-order valence-electron chi connectivity index (χ4n) is 1.82. The van der Waals surface area contributed by atoms with Crippen LogP contribution in [0.2, 0.25) is 0 Å². The molecule has 0 spiro atoms. The van der Waals surface area contributed by atoms with Gasteiger partial charge in [0.1, 0.15) is 5.75 Å². The summed E-state index contributed by atoms with van der Waals surface area (Å²) in [6, 6.07) is 4.49. The Bertz CT molecular complexity index is 611. The van der Waals surface area contributed by atoms with Crippen LogP contribution in [0, 0.1) is 27.7 Å². The molecule has 0 aliphatic carbocycles. The third-order valence-corrected chi connectivity index (χ3v) is 3.56. The van der Waals surface area contributed by atoms with Crippen LogP contribution in [0.25, 0.3) is 0 Å². The molecule has 0 aliphatic heterocycles. The molecule has 0 N–H and O–H groups in total. The van der Waals surface area contributed by atoms with E-state index in [1.54, 1.807) is 6.20 Å². The summed E-state index contributed by atoms with van der Waals surface area (Å²) in [6.45, 7) is 8.02. The van der Waals surface area contributed by atoms with Crippen LogP contribution in [0.4, 0.5) is 0 Å². The minimum absolute atomic E-state index is 0.364. The van der Waals surface area contributed by atoms with Gasteiger partial charge in [-0.3, -0.25) is 0 Å². The van der Waals surface area contributed by atoms with Crippen molar-refractivity contribution < 1.29 is 4.74 Å². The topological polar surface area (TPSA) is 35.0 Å². The fourth-order valence-corrected chi connectivity index (χ4v) is 2.09. The predicted molar refractivity (Wildman–Crippen MR) is 77.1 cm³/mol. The van der Waals surface area contributed by atoms with Crippen molar-refractivity contribution in [2.75, 3.05) is 0 Å². The lowest BCUT2D eigenvalue weighted by Gasteiger charge is -2.12. The number of hydrogen-bond donors (Lipinski definition) is 0. The Balaban J connectivity index is 2.36. The maximum Gasteiger partial charge on any atom is 0.322 e. The minimum Gasteiger partial charge on any atom is -0.424 e. The zero-order valence-electron chi connectivity index (χ0n) is 11.6. The van der Waals surface area contributed by atoms with E-state index in [0.29, 0.717) is 11.9 Å². The molecular weight excluding hydrogens is 260 g/mol. The van der Waals surface area contributed by atoms with E-state index >= 15 is 0 Å². The predicted octanol–water partition coefficient (Wildman–Crippen LogP) is 4.24. The Labute approximate surface area is 118 Å². The molecule has 0 radical (unpaired) electrons. The van der Waals surface area contributed by atoms with Crippen LogP contribution in [-0.2, 0) is 5.88 Å². The molecule has 4 heteroatoms. The van der Waals surface area contributed by atoms with Crippen LogP contribution in [0.3, 0.4) is 0 Å². The number of ether oxygens (including phenoxy) is 1. The van der Waals surface area contributed by atoms with Crippen molar-refractivity contribution in [2.45, 2.75) is 33.6 Å². The van der Waals surface area contributed by atoms with Crippen molar-refractivity contribution in [1.29, 1.82) is 0 Å². The third-order valence-electron chi connectivity index (χ3n) is 3.27. The summed E-state index contributed by atoms with van der Waals surface area (Å²) in [4.78, 5) is 8.53. The largest absolute Gasteiger partial charge is 0.424 e. The van der Waals surface area contributed by atoms with Crippen molar-refractivity contribution in [2.24, 2.45) is 0 Å². The number of benzene rings is 1. The zero-order chi connectivity index (χ0) is 14.0. The summed E-state index contributed by atoms with van der Waals surface area (Å²) in [5, 5.41) is 0. The van der Waals surface area contributed by atoms with Gasteiger partial charge in [-0.1, -0.05) is 12.1 Å². The van der Waals surface area contributed by atoms with Gasteiger partial charge >= 0.3 is 6.01 Å². The highest BCUT2D eigenvalue weighted by Gasteiger charge is 2.10. The molecule has 0 saturated carbocycles. The van der Waals surface area contributed by atoms with Crippen molar-refractivity contribution in [1.82, 2.24) is 9.97 Å². The van der Waals surface area contributed by atoms with Gasteiger partial charge in [0.15, 0.2) is 0 Å². The Kier molecular flexibility index (Phi) is 4.05. The molecule has 2 rings (SSSR count). The average Bonchev–Trinajstić information content (AvgIpc) is 2.39. The van der Waals surface area contributed by atoms with E-state index in [1.165, 1.54) is 5.56 Å². The highest BCUT2D eigenvalue weighted by atomic mass is 35.5. The van der Waals surface area contributed by atoms with Crippen LogP contribution in [0.15, 0.2) is 18.3 Å². The zero-order valence-corrected chi connectivity index (χ0v) is 12.4. The first-order valence-electron chi connectivity index (χ1n) is 6.16. The van der Waals surface area contributed by atoms with Gasteiger partial charge in [-0.2, -0.15) is 4.98 Å². The Morgan fingerprint density at radius 2 is 1.79 bits per heavy atom. The second-order valence-electron chi connectivity index (χ2n) is 4.65. The van der Waals surface area contributed by atoms with E-state index < -0.39 is 0 Å². The number of aryl methyl sites for hydroxylation is 3. The van der Waals surface area contributed by atoms with Crippen LogP contribution >= 0.6 is 11.6 Å². The summed E-state index contributed by atoms with van der Waals surface area (Å²) in [5.74, 6) is 1.24. The molecule has 0 fully saturated rings. The van der Waals surface area contributed by atoms with Gasteiger partial charge in [-0.15, -0.1) is 11.6 Å². The second kappa shape index (κ2) is 5.57. The lowest BCUT2D eigenvalue weighted by Crippen LogP contribution is -2.00. The standard InChI is InChI=1S/C15H17ClN2O/c1-9-5-6-10(2)14(11(9)3)19-15-17-8-13(7-16)12(4)18-15/h5-6,8H,7H2,1-4H3. The number of alkyl halides is 1. The van der Waals surface area contributed by atoms with Gasteiger partial charge < -0.3 is 4.74 Å². The van der Waals surface area contributed by atoms with E-state index in [-0.39, 0.29) is 0 Å². The normalized spacial score (nSPS) is 10.6. The second-order valence-corrected chi connectivity index (χ2v) is 4.92. The number of halogens is 1. The molecule has 100 valence electrons. The minimum atomic E-state index is 0.364. The Morgan fingerprint density at radius 1 is 1.11 bits per heavy atom. The van der Waals surface area contributed by atoms with E-state index in [4.69, 9.17) is 16.3 Å². The lowest BCUT2D eigenvalue weighted by molar-refractivity contribution is 0.433. The molecule has 0 bridgehead atoms. The number of rotatable bonds is 3. The first kappa shape index (κ1) is 13.8. The monoisotopic (exact) mass is 276 g/mol. The molecule has 0 unspecified atom stereocenters. The molecule has 0 atom stereocenters. The van der Waals surface area contributed by atoms with Gasteiger partial charge in [0.2, 0.25) is 0 Å². The summed E-state index contributed by atoms with van der Waals surface area (Å²) < 4.78 is 5.84. The summed E-state index contributed by atoms with van der Waals surface area (Å²) in [6.07, 6.45) is 1.71. The quantitative estimate of drug-likeness (QED) is 0.787. The average molecular weight is 277 g/mol. The van der Waals surface area contributed by atoms with Crippen molar-refractivity contribution in [3.63, 3.8) is 0 Å². The van der Waals surface area contributed by atoms with Crippen molar-refractivity contribution >= 4 is 11.6 Å². The molecule has 0 saturated heterocycles. The molecular formula is C15H17ClN2O. The van der Waals surface area contributed by atoms with Crippen LogP contribution < -0.4 is 4.74 Å². The van der Waals surface area contributed by atoms with Crippen molar-refractivity contribution in [3.8, 4) is 11.8 Å². The number of aromatic nitrogens is 2. The van der Waals surface area contributed by atoms with Gasteiger partial charge in [-0.05, 0) is 44.4 Å². The lowest BCUT2D eigenvalue weighted by atomic mass is 10.1. The Hall–Kier alpha value is -1.61. The highest BCUT2D eigenvalue weighted by molar-refractivity contribution is 6.17. The molecule has 19 heavy (non-hydrogen) atoms. The smallest absolute Gasteiger partial charge is 0.322 e. The summed E-state index contributed by atoms with van der Waals surface area (Å²) in [5.41, 5.74) is 5.15. The maximum absolute atomic E-state index is 5.84. The van der Waals surface area contributed by atoms with Gasteiger partial charge in [0.05, 0.1) is 5.88 Å². The molecule has 1 aromatic heterocycles. The van der Waals surface area contributed by atoms with E-state index in [9.17, 15) is 0 Å². The van der Waals surface area contributed by atoms with E-state index in [1.807, 2.05) is 26.8 Å². The molecule has 2 aromatic rings. The van der Waals surface area contributed by atoms with Gasteiger partial charge in [0.25, 0.3) is 0 Å². The summed E-state index contributed by atoms with van der Waals surface area (Å²) >= 11 is 5.80. The molecule has 3 nitrogen and oxygen atoms in total. The van der Waals surface area contributed by atoms with Crippen LogP contribution in [-0.4, -0.2) is 9.97 Å². The first-order chi connectivity index (χ1) is 9.02. The van der Waals surface area contributed by atoms with Crippen LogP contribution in [0.1, 0.15) is 27.9 Å². The summed E-state index contributed by atoms with van der Waals surface area (Å²) in [7, 11) is 0. The van der Waals surface area contributed by atoms with E-state index in [0.717, 1.165) is 28.1 Å².